The lowest BCUT2D eigenvalue weighted by atomic mass is 9.90. The monoisotopic (exact) mass is 428 g/mol. The fourth-order valence-corrected chi connectivity index (χ4v) is 1.30. The highest BCUT2D eigenvalue weighted by molar-refractivity contribution is 5.19. The molecule has 0 unspecified atom stereocenters. The van der Waals surface area contributed by atoms with Crippen molar-refractivity contribution in [3.63, 3.8) is 0 Å². The normalized spacial score (nSPS) is 16.9. The standard InChI is InChI=1S/C10H4F16/c1-2-3(11)4(12,13)5(14,15)6(16,17)7(18,19)8(20,21)9(22,23)10(24,25)26/h2H,1H3/b3-2-. The molecule has 0 aliphatic rings. The molecule has 0 amide bonds. The van der Waals surface area contributed by atoms with Crippen molar-refractivity contribution in [1.29, 1.82) is 0 Å². The molecule has 0 aliphatic heterocycles. The zero-order chi connectivity index (χ0) is 21.8. The van der Waals surface area contributed by atoms with E-state index < -0.39 is 53.6 Å². The number of hydrogen-bond acceptors (Lipinski definition) is 0. The maximum atomic E-state index is 13.0. The molecular weight excluding hydrogens is 424 g/mol. The molecule has 0 rings (SSSR count). The van der Waals surface area contributed by atoms with Gasteiger partial charge >= 0.3 is 41.7 Å². The SMILES string of the molecule is C/C=C(\F)C(F)(F)C(F)(F)C(F)(F)C(F)(F)C(F)(F)C(F)(F)C(F)(F)F. The van der Waals surface area contributed by atoms with Crippen LogP contribution < -0.4 is 0 Å². The van der Waals surface area contributed by atoms with E-state index in [0.29, 0.717) is 0 Å². The Morgan fingerprint density at radius 2 is 0.769 bits per heavy atom. The van der Waals surface area contributed by atoms with Gasteiger partial charge in [-0.3, -0.25) is 0 Å². The summed E-state index contributed by atoms with van der Waals surface area (Å²) in [6.07, 6.45) is -8.35. The van der Waals surface area contributed by atoms with Gasteiger partial charge < -0.3 is 0 Å². The van der Waals surface area contributed by atoms with Crippen LogP contribution >= 0.6 is 0 Å². The van der Waals surface area contributed by atoms with E-state index in [0.717, 1.165) is 0 Å². The molecule has 0 fully saturated rings. The second-order valence-electron chi connectivity index (χ2n) is 4.58. The van der Waals surface area contributed by atoms with Gasteiger partial charge in [0.15, 0.2) is 5.83 Å². The van der Waals surface area contributed by atoms with Crippen molar-refractivity contribution < 1.29 is 70.2 Å². The second-order valence-corrected chi connectivity index (χ2v) is 4.58. The van der Waals surface area contributed by atoms with Gasteiger partial charge in [0.05, 0.1) is 0 Å². The molecule has 26 heavy (non-hydrogen) atoms. The summed E-state index contributed by atoms with van der Waals surface area (Å²) in [6, 6.07) is 0. The molecule has 0 radical (unpaired) electrons. The molecule has 0 aromatic rings. The van der Waals surface area contributed by atoms with E-state index in [1.807, 2.05) is 0 Å². The Kier molecular flexibility index (Phi) is 5.75. The van der Waals surface area contributed by atoms with Crippen LogP contribution in [0.2, 0.25) is 0 Å². The molecule has 0 bridgehead atoms. The molecule has 0 N–H and O–H groups in total. The number of rotatable bonds is 6. The average molecular weight is 428 g/mol. The van der Waals surface area contributed by atoms with Crippen LogP contribution in [0, 0.1) is 0 Å². The van der Waals surface area contributed by atoms with Gasteiger partial charge in [0, 0.05) is 0 Å². The second kappa shape index (κ2) is 6.07. The molecule has 0 aromatic heterocycles. The largest absolute Gasteiger partial charge is 0.460 e. The average Bonchev–Trinajstić information content (AvgIpc) is 2.43. The van der Waals surface area contributed by atoms with Crippen LogP contribution in [0.25, 0.3) is 0 Å². The summed E-state index contributed by atoms with van der Waals surface area (Å²) in [4.78, 5) is 0. The van der Waals surface area contributed by atoms with Gasteiger partial charge in [0.2, 0.25) is 0 Å². The molecule has 0 aliphatic carbocycles. The number of alkyl halides is 15. The van der Waals surface area contributed by atoms with Crippen LogP contribution in [0.15, 0.2) is 11.9 Å². The van der Waals surface area contributed by atoms with E-state index in [2.05, 4.69) is 0 Å². The van der Waals surface area contributed by atoms with E-state index in [9.17, 15) is 70.2 Å². The summed E-state index contributed by atoms with van der Waals surface area (Å²) in [5.74, 6) is -51.4. The fraction of sp³-hybridized carbons (Fsp3) is 0.800. The number of halogens is 16. The van der Waals surface area contributed by atoms with Crippen molar-refractivity contribution in [3.8, 4) is 0 Å². The van der Waals surface area contributed by atoms with Gasteiger partial charge in [0.1, 0.15) is 0 Å². The molecule has 0 saturated heterocycles. The van der Waals surface area contributed by atoms with Gasteiger partial charge in [-0.05, 0) is 13.0 Å². The fourth-order valence-electron chi connectivity index (χ4n) is 1.30. The predicted octanol–water partition coefficient (Wildman–Crippen LogP) is 6.23. The van der Waals surface area contributed by atoms with Crippen molar-refractivity contribution in [2.75, 3.05) is 0 Å². The molecule has 0 atom stereocenters. The molecular formula is C10H4F16. The highest BCUT2D eigenvalue weighted by Crippen LogP contribution is 2.63. The van der Waals surface area contributed by atoms with Crippen molar-refractivity contribution in [2.45, 2.75) is 48.6 Å². The zero-order valence-electron chi connectivity index (χ0n) is 11.6. The third-order valence-corrected chi connectivity index (χ3v) is 2.88. The summed E-state index contributed by atoms with van der Waals surface area (Å²) in [7, 11) is 0. The van der Waals surface area contributed by atoms with Gasteiger partial charge in [-0.15, -0.1) is 0 Å². The van der Waals surface area contributed by atoms with Crippen LogP contribution in [0.5, 0.6) is 0 Å². The molecule has 16 heteroatoms. The summed E-state index contributed by atoms with van der Waals surface area (Å²) in [5, 5.41) is 0. The van der Waals surface area contributed by atoms with Gasteiger partial charge in [-0.2, -0.15) is 65.9 Å². The maximum Gasteiger partial charge on any atom is 0.460 e. The van der Waals surface area contributed by atoms with Crippen molar-refractivity contribution in [2.24, 2.45) is 0 Å². The first-order valence-electron chi connectivity index (χ1n) is 5.64. The molecule has 0 aromatic carbocycles. The van der Waals surface area contributed by atoms with Gasteiger partial charge in [0.25, 0.3) is 0 Å². The first-order valence-corrected chi connectivity index (χ1v) is 5.64. The Bertz CT molecular complexity index is 550. The molecule has 156 valence electrons. The molecule has 0 heterocycles. The maximum absolute atomic E-state index is 13.0. The van der Waals surface area contributed by atoms with Gasteiger partial charge in [-0.25, -0.2) is 4.39 Å². The van der Waals surface area contributed by atoms with Crippen LogP contribution in [0.1, 0.15) is 6.92 Å². The molecule has 0 spiro atoms. The topological polar surface area (TPSA) is 0 Å². The van der Waals surface area contributed by atoms with Crippen LogP contribution in [-0.2, 0) is 0 Å². The number of allylic oxidation sites excluding steroid dienone is 2. The molecule has 0 saturated carbocycles. The van der Waals surface area contributed by atoms with Gasteiger partial charge in [-0.1, -0.05) is 0 Å². The Balaban J connectivity index is 6.61. The zero-order valence-corrected chi connectivity index (χ0v) is 11.6. The van der Waals surface area contributed by atoms with E-state index in [4.69, 9.17) is 0 Å². The third kappa shape index (κ3) is 2.88. The summed E-state index contributed by atoms with van der Waals surface area (Å²) < 4.78 is 202. The van der Waals surface area contributed by atoms with Crippen LogP contribution in [-0.4, -0.2) is 41.7 Å². The van der Waals surface area contributed by atoms with Crippen molar-refractivity contribution >= 4 is 0 Å². The third-order valence-electron chi connectivity index (χ3n) is 2.88. The van der Waals surface area contributed by atoms with Crippen LogP contribution in [0.3, 0.4) is 0 Å². The van der Waals surface area contributed by atoms with Crippen molar-refractivity contribution in [1.82, 2.24) is 0 Å². The Morgan fingerprint density at radius 3 is 1.04 bits per heavy atom. The van der Waals surface area contributed by atoms with E-state index in [1.54, 1.807) is 0 Å². The minimum atomic E-state index is -8.40. The highest BCUT2D eigenvalue weighted by atomic mass is 19.4. The lowest BCUT2D eigenvalue weighted by Gasteiger charge is -2.41. The Labute approximate surface area is 132 Å². The minimum absolute atomic E-state index is 0.141. The first kappa shape index (κ1) is 24.6. The summed E-state index contributed by atoms with van der Waals surface area (Å²) in [6.45, 7) is 0.141. The highest BCUT2D eigenvalue weighted by Gasteiger charge is 2.93. The quantitative estimate of drug-likeness (QED) is 0.440. The van der Waals surface area contributed by atoms with E-state index >= 15 is 0 Å². The summed E-state index contributed by atoms with van der Waals surface area (Å²) in [5.41, 5.74) is 0. The minimum Gasteiger partial charge on any atom is -0.205 e. The van der Waals surface area contributed by atoms with E-state index in [1.165, 1.54) is 0 Å². The summed E-state index contributed by atoms with van der Waals surface area (Å²) >= 11 is 0. The number of hydrogen-bond donors (Lipinski definition) is 0. The molecule has 0 nitrogen and oxygen atoms in total. The lowest BCUT2D eigenvalue weighted by Crippen LogP contribution is -2.72. The lowest BCUT2D eigenvalue weighted by molar-refractivity contribution is -0.450. The smallest absolute Gasteiger partial charge is 0.205 e. The van der Waals surface area contributed by atoms with E-state index in [-0.39, 0.29) is 6.92 Å². The first-order chi connectivity index (χ1) is 11.0. The Hall–Kier alpha value is -1.38. The van der Waals surface area contributed by atoms with Crippen LogP contribution in [0.4, 0.5) is 70.2 Å². The predicted molar refractivity (Wildman–Crippen MR) is 50.6 cm³/mol. The Morgan fingerprint density at radius 1 is 0.500 bits per heavy atom. The van der Waals surface area contributed by atoms with Crippen molar-refractivity contribution in [3.05, 3.63) is 11.9 Å².